The Morgan fingerprint density at radius 2 is 1.71 bits per heavy atom. The maximum absolute atomic E-state index is 13.1. The van der Waals surface area contributed by atoms with Crippen molar-refractivity contribution in [3.8, 4) is 11.3 Å². The number of hydrogen-bond acceptors (Lipinski definition) is 4. The van der Waals surface area contributed by atoms with Crippen LogP contribution in [0, 0.1) is 5.82 Å². The summed E-state index contributed by atoms with van der Waals surface area (Å²) >= 11 is 0. The highest BCUT2D eigenvalue weighted by Gasteiger charge is 2.10. The fraction of sp³-hybridized carbons (Fsp3) is 0.136. The van der Waals surface area contributed by atoms with Crippen molar-refractivity contribution in [1.29, 1.82) is 0 Å². The van der Waals surface area contributed by atoms with Gasteiger partial charge in [0.25, 0.3) is 0 Å². The molecule has 140 valence electrons. The molecule has 6 heteroatoms. The lowest BCUT2D eigenvalue weighted by molar-refractivity contribution is 0.628. The van der Waals surface area contributed by atoms with Gasteiger partial charge < -0.3 is 9.47 Å². The normalized spacial score (nSPS) is 10.8. The van der Waals surface area contributed by atoms with Gasteiger partial charge in [0, 0.05) is 31.5 Å². The fourth-order valence-electron chi connectivity index (χ4n) is 3.01. The van der Waals surface area contributed by atoms with E-state index in [1.807, 2.05) is 54.7 Å². The third kappa shape index (κ3) is 4.06. The average Bonchev–Trinajstić information content (AvgIpc) is 3.16. The van der Waals surface area contributed by atoms with E-state index in [4.69, 9.17) is 0 Å². The molecule has 4 aromatic rings. The molecule has 0 bridgehead atoms. The maximum Gasteiger partial charge on any atom is 0.151 e. The first-order chi connectivity index (χ1) is 13.7. The van der Waals surface area contributed by atoms with Crippen LogP contribution >= 0.6 is 0 Å². The number of halogens is 1. The van der Waals surface area contributed by atoms with Crippen LogP contribution in [-0.2, 0) is 13.1 Å². The van der Waals surface area contributed by atoms with Gasteiger partial charge >= 0.3 is 0 Å². The molecular formula is C22H20FN5. The summed E-state index contributed by atoms with van der Waals surface area (Å²) in [7, 11) is 1.96. The van der Waals surface area contributed by atoms with E-state index in [2.05, 4.69) is 31.9 Å². The van der Waals surface area contributed by atoms with Crippen molar-refractivity contribution in [3.63, 3.8) is 0 Å². The summed E-state index contributed by atoms with van der Waals surface area (Å²) in [5.41, 5.74) is 2.78. The number of anilines is 1. The van der Waals surface area contributed by atoms with Gasteiger partial charge in [-0.15, -0.1) is 10.2 Å². The molecule has 0 aliphatic carbocycles. The van der Waals surface area contributed by atoms with Crippen LogP contribution in [0.4, 0.5) is 10.2 Å². The van der Waals surface area contributed by atoms with Crippen LogP contribution in [0.5, 0.6) is 0 Å². The third-order valence-electron chi connectivity index (χ3n) is 4.56. The predicted molar refractivity (Wildman–Crippen MR) is 107 cm³/mol. The van der Waals surface area contributed by atoms with Gasteiger partial charge in [0.2, 0.25) is 0 Å². The monoisotopic (exact) mass is 373 g/mol. The number of hydrogen-bond donors (Lipinski definition) is 0. The zero-order chi connectivity index (χ0) is 19.3. The van der Waals surface area contributed by atoms with Crippen LogP contribution < -0.4 is 4.90 Å². The Labute approximate surface area is 163 Å². The minimum Gasteiger partial charge on any atom is -0.351 e. The Bertz CT molecular complexity index is 1030. The molecule has 2 aromatic carbocycles. The highest BCUT2D eigenvalue weighted by atomic mass is 19.1. The third-order valence-corrected chi connectivity index (χ3v) is 4.56. The standard InChI is InChI=1S/C22H20FN5/c1-27(16-22-24-13-14-28(22)15-17-5-3-2-4-6-17)21-12-11-20(25-26-21)18-7-9-19(23)10-8-18/h2-14H,15-16H2,1H3. The molecule has 0 aliphatic rings. The van der Waals surface area contributed by atoms with Crippen molar-refractivity contribution >= 4 is 5.82 Å². The van der Waals surface area contributed by atoms with Crippen molar-refractivity contribution in [2.24, 2.45) is 0 Å². The SMILES string of the molecule is CN(Cc1nccn1Cc1ccccc1)c1ccc(-c2ccc(F)cc2)nn1. The minimum atomic E-state index is -0.265. The van der Waals surface area contributed by atoms with Crippen molar-refractivity contribution in [3.05, 3.63) is 96.3 Å². The maximum atomic E-state index is 13.1. The predicted octanol–water partition coefficient (Wildman–Crippen LogP) is 4.16. The number of aromatic nitrogens is 4. The molecule has 0 N–H and O–H groups in total. The summed E-state index contributed by atoms with van der Waals surface area (Å²) in [5.74, 6) is 1.44. The van der Waals surface area contributed by atoms with Crippen LogP contribution in [0.3, 0.4) is 0 Å². The van der Waals surface area contributed by atoms with Crippen molar-refractivity contribution in [2.75, 3.05) is 11.9 Å². The first kappa shape index (κ1) is 17.9. The first-order valence-electron chi connectivity index (χ1n) is 9.04. The number of nitrogens with zero attached hydrogens (tertiary/aromatic N) is 5. The van der Waals surface area contributed by atoms with Crippen LogP contribution in [-0.4, -0.2) is 26.8 Å². The van der Waals surface area contributed by atoms with E-state index in [1.54, 1.807) is 12.1 Å². The molecule has 0 spiro atoms. The summed E-state index contributed by atoms with van der Waals surface area (Å²) in [6.45, 7) is 1.39. The molecule has 2 aromatic heterocycles. The van der Waals surface area contributed by atoms with Gasteiger partial charge in [-0.2, -0.15) is 0 Å². The second kappa shape index (κ2) is 8.00. The van der Waals surface area contributed by atoms with E-state index in [1.165, 1.54) is 17.7 Å². The summed E-state index contributed by atoms with van der Waals surface area (Å²) in [4.78, 5) is 6.49. The largest absolute Gasteiger partial charge is 0.351 e. The summed E-state index contributed by atoms with van der Waals surface area (Å²) in [5, 5.41) is 8.59. The second-order valence-corrected chi connectivity index (χ2v) is 6.60. The lowest BCUT2D eigenvalue weighted by Crippen LogP contribution is -2.21. The lowest BCUT2D eigenvalue weighted by atomic mass is 10.1. The molecule has 0 radical (unpaired) electrons. The average molecular weight is 373 g/mol. The Balaban J connectivity index is 1.46. The topological polar surface area (TPSA) is 46.8 Å². The van der Waals surface area contributed by atoms with E-state index in [9.17, 15) is 4.39 Å². The van der Waals surface area contributed by atoms with Crippen molar-refractivity contribution in [1.82, 2.24) is 19.7 Å². The molecular weight excluding hydrogens is 353 g/mol. The van der Waals surface area contributed by atoms with E-state index >= 15 is 0 Å². The first-order valence-corrected chi connectivity index (χ1v) is 9.04. The Hall–Kier alpha value is -3.54. The van der Waals surface area contributed by atoms with Crippen LogP contribution in [0.1, 0.15) is 11.4 Å². The summed E-state index contributed by atoms with van der Waals surface area (Å²) < 4.78 is 15.2. The molecule has 0 fully saturated rings. The number of benzene rings is 2. The van der Waals surface area contributed by atoms with Crippen LogP contribution in [0.2, 0.25) is 0 Å². The Morgan fingerprint density at radius 1 is 0.929 bits per heavy atom. The van der Waals surface area contributed by atoms with Gasteiger partial charge in [0.1, 0.15) is 11.6 Å². The van der Waals surface area contributed by atoms with Gasteiger partial charge in [-0.05, 0) is 42.0 Å². The number of imidazole rings is 1. The number of rotatable bonds is 6. The van der Waals surface area contributed by atoms with Crippen molar-refractivity contribution < 1.29 is 4.39 Å². The summed E-state index contributed by atoms with van der Waals surface area (Å²) in [6.07, 6.45) is 3.80. The molecule has 0 unspecified atom stereocenters. The van der Waals surface area contributed by atoms with Crippen molar-refractivity contribution in [2.45, 2.75) is 13.1 Å². The van der Waals surface area contributed by atoms with E-state index in [0.29, 0.717) is 12.2 Å². The molecule has 28 heavy (non-hydrogen) atoms. The van der Waals surface area contributed by atoms with Gasteiger partial charge in [-0.25, -0.2) is 9.37 Å². The van der Waals surface area contributed by atoms with E-state index in [-0.39, 0.29) is 5.82 Å². The second-order valence-electron chi connectivity index (χ2n) is 6.60. The molecule has 0 amide bonds. The van der Waals surface area contributed by atoms with Gasteiger partial charge in [-0.1, -0.05) is 30.3 Å². The zero-order valence-corrected chi connectivity index (χ0v) is 15.5. The molecule has 0 saturated carbocycles. The minimum absolute atomic E-state index is 0.265. The smallest absolute Gasteiger partial charge is 0.151 e. The van der Waals surface area contributed by atoms with Gasteiger partial charge in [-0.3, -0.25) is 0 Å². The van der Waals surface area contributed by atoms with Crippen LogP contribution in [0.15, 0.2) is 79.1 Å². The van der Waals surface area contributed by atoms with E-state index in [0.717, 1.165) is 23.8 Å². The molecule has 0 aliphatic heterocycles. The molecule has 5 nitrogen and oxygen atoms in total. The molecule has 4 rings (SSSR count). The molecule has 0 atom stereocenters. The summed E-state index contributed by atoms with van der Waals surface area (Å²) in [6, 6.07) is 20.3. The lowest BCUT2D eigenvalue weighted by Gasteiger charge is -2.18. The quantitative estimate of drug-likeness (QED) is 0.509. The van der Waals surface area contributed by atoms with E-state index < -0.39 is 0 Å². The fourth-order valence-corrected chi connectivity index (χ4v) is 3.01. The van der Waals surface area contributed by atoms with Crippen LogP contribution in [0.25, 0.3) is 11.3 Å². The van der Waals surface area contributed by atoms with Gasteiger partial charge in [0.05, 0.1) is 12.2 Å². The highest BCUT2D eigenvalue weighted by Crippen LogP contribution is 2.19. The van der Waals surface area contributed by atoms with Gasteiger partial charge in [0.15, 0.2) is 5.82 Å². The highest BCUT2D eigenvalue weighted by molar-refractivity contribution is 5.59. The zero-order valence-electron chi connectivity index (χ0n) is 15.5. The molecule has 2 heterocycles. The Kier molecular flexibility index (Phi) is 5.10. The Morgan fingerprint density at radius 3 is 2.43 bits per heavy atom. The molecule has 0 saturated heterocycles.